The van der Waals surface area contributed by atoms with E-state index in [4.69, 9.17) is 10.5 Å². The molecule has 0 atom stereocenters. The summed E-state index contributed by atoms with van der Waals surface area (Å²) in [5.41, 5.74) is 7.11. The molecule has 0 heterocycles. The number of nitrogens with two attached hydrogens (primary N) is 1. The summed E-state index contributed by atoms with van der Waals surface area (Å²) < 4.78 is 5.50. The van der Waals surface area contributed by atoms with Gasteiger partial charge in [-0.15, -0.1) is 0 Å². The normalized spacial score (nSPS) is 10.1. The lowest BCUT2D eigenvalue weighted by Crippen LogP contribution is -2.28. The molecule has 0 unspecified atom stereocenters. The Labute approximate surface area is 118 Å². The number of rotatable bonds is 6. The van der Waals surface area contributed by atoms with Crippen molar-refractivity contribution in [3.63, 3.8) is 0 Å². The van der Waals surface area contributed by atoms with Gasteiger partial charge in [0.1, 0.15) is 12.4 Å². The van der Waals surface area contributed by atoms with Crippen LogP contribution in [0.25, 0.3) is 0 Å². The van der Waals surface area contributed by atoms with Crippen molar-refractivity contribution in [2.75, 3.05) is 13.2 Å². The van der Waals surface area contributed by atoms with E-state index in [1.165, 1.54) is 0 Å². The molecule has 1 amide bonds. The molecule has 20 heavy (non-hydrogen) atoms. The Morgan fingerprint density at radius 1 is 1.10 bits per heavy atom. The predicted octanol–water partition coefficient (Wildman–Crippen LogP) is 1.95. The van der Waals surface area contributed by atoms with Gasteiger partial charge in [-0.3, -0.25) is 4.79 Å². The third-order valence-electron chi connectivity index (χ3n) is 2.82. The molecule has 0 aliphatic rings. The van der Waals surface area contributed by atoms with Crippen LogP contribution in [0.3, 0.4) is 0 Å². The first-order valence-corrected chi connectivity index (χ1v) is 6.54. The van der Waals surface area contributed by atoms with Crippen LogP contribution in [-0.2, 0) is 6.54 Å². The predicted molar refractivity (Wildman–Crippen MR) is 78.6 cm³/mol. The van der Waals surface area contributed by atoms with Crippen LogP contribution >= 0.6 is 0 Å². The molecule has 0 bridgehead atoms. The summed E-state index contributed by atoms with van der Waals surface area (Å²) in [6.45, 7) is 1.32. The largest absolute Gasteiger partial charge is 0.492 e. The number of ether oxygens (including phenoxy) is 1. The Balaban J connectivity index is 1.77. The summed E-state index contributed by atoms with van der Waals surface area (Å²) in [5.74, 6) is 0.684. The van der Waals surface area contributed by atoms with Gasteiger partial charge in [-0.1, -0.05) is 30.3 Å². The fourth-order valence-electron chi connectivity index (χ4n) is 1.79. The number of carbonyl (C=O) groups excluding carboxylic acids is 1. The van der Waals surface area contributed by atoms with Crippen LogP contribution in [0.5, 0.6) is 5.75 Å². The van der Waals surface area contributed by atoms with E-state index >= 15 is 0 Å². The zero-order chi connectivity index (χ0) is 14.2. The van der Waals surface area contributed by atoms with Crippen molar-refractivity contribution in [2.45, 2.75) is 6.54 Å². The summed E-state index contributed by atoms with van der Waals surface area (Å²) in [4.78, 5) is 11.9. The van der Waals surface area contributed by atoms with Gasteiger partial charge in [0.05, 0.1) is 6.54 Å². The molecule has 3 N–H and O–H groups in total. The van der Waals surface area contributed by atoms with Crippen molar-refractivity contribution >= 4 is 5.91 Å². The maximum atomic E-state index is 11.9. The Kier molecular flexibility index (Phi) is 5.15. The molecule has 0 aliphatic carbocycles. The molecule has 104 valence electrons. The van der Waals surface area contributed by atoms with Crippen molar-refractivity contribution < 1.29 is 9.53 Å². The fraction of sp³-hybridized carbons (Fsp3) is 0.188. The monoisotopic (exact) mass is 270 g/mol. The molecule has 0 radical (unpaired) electrons. The average Bonchev–Trinajstić information content (AvgIpc) is 2.52. The Morgan fingerprint density at radius 2 is 1.90 bits per heavy atom. The second-order valence-corrected chi connectivity index (χ2v) is 4.32. The molecular formula is C16H18N2O2. The minimum atomic E-state index is -0.114. The van der Waals surface area contributed by atoms with Gasteiger partial charge in [0.2, 0.25) is 0 Å². The Hall–Kier alpha value is -2.33. The molecule has 4 heteroatoms. The average molecular weight is 270 g/mol. The lowest BCUT2D eigenvalue weighted by atomic mass is 10.1. The summed E-state index contributed by atoms with van der Waals surface area (Å²) in [5, 5.41) is 2.82. The van der Waals surface area contributed by atoms with Crippen molar-refractivity contribution in [3.8, 4) is 5.75 Å². The van der Waals surface area contributed by atoms with Crippen LogP contribution in [0.2, 0.25) is 0 Å². The van der Waals surface area contributed by atoms with Gasteiger partial charge in [-0.05, 0) is 29.8 Å². The van der Waals surface area contributed by atoms with E-state index < -0.39 is 0 Å². The number of carbonyl (C=O) groups is 1. The lowest BCUT2D eigenvalue weighted by molar-refractivity contribution is 0.0947. The van der Waals surface area contributed by atoms with Crippen molar-refractivity contribution in [2.24, 2.45) is 5.73 Å². The number of nitrogens with one attached hydrogen (secondary N) is 1. The number of hydrogen-bond acceptors (Lipinski definition) is 3. The lowest BCUT2D eigenvalue weighted by Gasteiger charge is -2.08. The van der Waals surface area contributed by atoms with E-state index in [1.807, 2.05) is 42.5 Å². The van der Waals surface area contributed by atoms with Crippen LogP contribution < -0.4 is 15.8 Å². The topological polar surface area (TPSA) is 64.4 Å². The molecule has 4 nitrogen and oxygen atoms in total. The molecule has 0 fully saturated rings. The van der Waals surface area contributed by atoms with Gasteiger partial charge in [0.15, 0.2) is 0 Å². The molecular weight excluding hydrogens is 252 g/mol. The highest BCUT2D eigenvalue weighted by molar-refractivity contribution is 5.94. The van der Waals surface area contributed by atoms with E-state index in [9.17, 15) is 4.79 Å². The standard InChI is InChI=1S/C16H18N2O2/c17-12-13-5-4-6-14(11-13)16(19)18-9-10-20-15-7-2-1-3-8-15/h1-8,11H,9-10,12,17H2,(H,18,19). The highest BCUT2D eigenvalue weighted by atomic mass is 16.5. The molecule has 0 aromatic heterocycles. The quantitative estimate of drug-likeness (QED) is 0.789. The van der Waals surface area contributed by atoms with Crippen molar-refractivity contribution in [1.82, 2.24) is 5.32 Å². The zero-order valence-corrected chi connectivity index (χ0v) is 11.2. The van der Waals surface area contributed by atoms with Gasteiger partial charge in [-0.25, -0.2) is 0 Å². The van der Waals surface area contributed by atoms with Crippen LogP contribution in [-0.4, -0.2) is 19.1 Å². The van der Waals surface area contributed by atoms with Crippen LogP contribution in [0.15, 0.2) is 54.6 Å². The first-order chi connectivity index (χ1) is 9.79. The number of hydrogen-bond donors (Lipinski definition) is 2. The van der Waals surface area contributed by atoms with Crippen LogP contribution in [0.4, 0.5) is 0 Å². The van der Waals surface area contributed by atoms with Gasteiger partial charge >= 0.3 is 0 Å². The van der Waals surface area contributed by atoms with Crippen LogP contribution in [0.1, 0.15) is 15.9 Å². The number of para-hydroxylation sites is 1. The first kappa shape index (κ1) is 14.1. The van der Waals surface area contributed by atoms with Gasteiger partial charge in [0.25, 0.3) is 5.91 Å². The van der Waals surface area contributed by atoms with Gasteiger partial charge in [-0.2, -0.15) is 0 Å². The molecule has 2 aromatic carbocycles. The van der Waals surface area contributed by atoms with E-state index in [0.717, 1.165) is 11.3 Å². The zero-order valence-electron chi connectivity index (χ0n) is 11.2. The summed E-state index contributed by atoms with van der Waals surface area (Å²) in [7, 11) is 0. The van der Waals surface area contributed by atoms with E-state index in [2.05, 4.69) is 5.32 Å². The van der Waals surface area contributed by atoms with Crippen LogP contribution in [0, 0.1) is 0 Å². The minimum Gasteiger partial charge on any atom is -0.492 e. The summed E-state index contributed by atoms with van der Waals surface area (Å²) >= 11 is 0. The SMILES string of the molecule is NCc1cccc(C(=O)NCCOc2ccccc2)c1. The van der Waals surface area contributed by atoms with Crippen molar-refractivity contribution in [1.29, 1.82) is 0 Å². The molecule has 2 rings (SSSR count). The second-order valence-electron chi connectivity index (χ2n) is 4.32. The molecule has 0 saturated carbocycles. The maximum Gasteiger partial charge on any atom is 0.251 e. The Bertz CT molecular complexity index is 555. The third-order valence-corrected chi connectivity index (χ3v) is 2.82. The van der Waals surface area contributed by atoms with E-state index in [-0.39, 0.29) is 5.91 Å². The molecule has 0 spiro atoms. The fourth-order valence-corrected chi connectivity index (χ4v) is 1.79. The summed E-state index contributed by atoms with van der Waals surface area (Å²) in [6.07, 6.45) is 0. The van der Waals surface area contributed by atoms with E-state index in [1.54, 1.807) is 12.1 Å². The minimum absolute atomic E-state index is 0.114. The molecule has 0 saturated heterocycles. The van der Waals surface area contributed by atoms with Crippen molar-refractivity contribution in [3.05, 3.63) is 65.7 Å². The highest BCUT2D eigenvalue weighted by Gasteiger charge is 2.05. The van der Waals surface area contributed by atoms with Gasteiger partial charge < -0.3 is 15.8 Å². The number of amides is 1. The highest BCUT2D eigenvalue weighted by Crippen LogP contribution is 2.07. The smallest absolute Gasteiger partial charge is 0.251 e. The summed E-state index contributed by atoms with van der Waals surface area (Å²) in [6, 6.07) is 16.8. The molecule has 2 aromatic rings. The van der Waals surface area contributed by atoms with E-state index in [0.29, 0.717) is 25.3 Å². The Morgan fingerprint density at radius 3 is 2.65 bits per heavy atom. The number of benzene rings is 2. The maximum absolute atomic E-state index is 11.9. The third kappa shape index (κ3) is 4.10. The van der Waals surface area contributed by atoms with Gasteiger partial charge in [0, 0.05) is 12.1 Å². The second kappa shape index (κ2) is 7.31. The molecule has 0 aliphatic heterocycles. The first-order valence-electron chi connectivity index (χ1n) is 6.54.